The topological polar surface area (TPSA) is 155 Å². The van der Waals surface area contributed by atoms with Crippen molar-refractivity contribution in [2.75, 3.05) is 16.5 Å². The Bertz CT molecular complexity index is 1110. The maximum Gasteiger partial charge on any atom is 0.408 e. The van der Waals surface area contributed by atoms with Gasteiger partial charge in [0.2, 0.25) is 23.6 Å². The maximum absolute atomic E-state index is 13.3. The standard InChI is InChI=1S/C28H42ClN5O6/c1-16(2)14-19(32-25(38)28(6,7)34-26(39)40-27(3,4)5)23(36)31-20-15-17-10-8-11-18(22(17)33-24(20)37)30-21(35)12-9-13-29/h8,10-11,16,19-20H,9,12-15H2,1-7H3,(H,30,35)(H,31,36)(H,32,38)(H,33,37)(H,34,39)/t19-,20?/m1/s1. The van der Waals surface area contributed by atoms with E-state index in [0.29, 0.717) is 30.1 Å². The van der Waals surface area contributed by atoms with Crippen molar-refractivity contribution in [1.29, 1.82) is 0 Å². The molecule has 1 aliphatic heterocycles. The zero-order chi connectivity index (χ0) is 30.3. The molecule has 2 rings (SSSR count). The molecule has 1 unspecified atom stereocenters. The number of carbonyl (C=O) groups is 5. The van der Waals surface area contributed by atoms with Crippen molar-refractivity contribution in [1.82, 2.24) is 16.0 Å². The van der Waals surface area contributed by atoms with Crippen molar-refractivity contribution in [3.05, 3.63) is 23.8 Å². The van der Waals surface area contributed by atoms with Gasteiger partial charge in [-0.3, -0.25) is 19.2 Å². The van der Waals surface area contributed by atoms with Gasteiger partial charge in [0.05, 0.1) is 11.4 Å². The average molecular weight is 580 g/mol. The summed E-state index contributed by atoms with van der Waals surface area (Å²) in [5, 5.41) is 13.6. The fraction of sp³-hybridized carbons (Fsp3) is 0.607. The summed E-state index contributed by atoms with van der Waals surface area (Å²) in [7, 11) is 0. The van der Waals surface area contributed by atoms with Crippen molar-refractivity contribution in [3.8, 4) is 0 Å². The number of anilines is 2. The third-order valence-corrected chi connectivity index (χ3v) is 6.24. The molecule has 0 aromatic heterocycles. The van der Waals surface area contributed by atoms with E-state index < -0.39 is 47.0 Å². The summed E-state index contributed by atoms with van der Waals surface area (Å²) in [5.41, 5.74) is -0.415. The van der Waals surface area contributed by atoms with Gasteiger partial charge in [0.25, 0.3) is 0 Å². The molecule has 1 aliphatic rings. The largest absolute Gasteiger partial charge is 0.444 e. The summed E-state index contributed by atoms with van der Waals surface area (Å²) >= 11 is 5.66. The predicted octanol–water partition coefficient (Wildman–Crippen LogP) is 3.46. The van der Waals surface area contributed by atoms with Gasteiger partial charge < -0.3 is 31.3 Å². The Balaban J connectivity index is 2.12. The molecule has 2 atom stereocenters. The highest BCUT2D eigenvalue weighted by atomic mass is 35.5. The van der Waals surface area contributed by atoms with E-state index in [-0.39, 0.29) is 24.7 Å². The van der Waals surface area contributed by atoms with Crippen LogP contribution in [-0.2, 0) is 30.3 Å². The number of fused-ring (bicyclic) bond motifs is 1. The Labute approximate surface area is 240 Å². The van der Waals surface area contributed by atoms with Crippen molar-refractivity contribution in [2.45, 2.75) is 97.4 Å². The number of para-hydroxylation sites is 1. The summed E-state index contributed by atoms with van der Waals surface area (Å²) in [6, 6.07) is 3.42. The summed E-state index contributed by atoms with van der Waals surface area (Å²) < 4.78 is 5.25. The van der Waals surface area contributed by atoms with Crippen LogP contribution in [0.5, 0.6) is 0 Å². The average Bonchev–Trinajstić information content (AvgIpc) is 2.81. The quantitative estimate of drug-likeness (QED) is 0.253. The number of hydrogen-bond donors (Lipinski definition) is 5. The molecule has 40 heavy (non-hydrogen) atoms. The molecule has 11 nitrogen and oxygen atoms in total. The van der Waals surface area contributed by atoms with E-state index in [2.05, 4.69) is 26.6 Å². The molecule has 0 bridgehead atoms. The first-order chi connectivity index (χ1) is 18.5. The van der Waals surface area contributed by atoms with E-state index >= 15 is 0 Å². The zero-order valence-corrected chi connectivity index (χ0v) is 25.1. The van der Waals surface area contributed by atoms with Crippen LogP contribution in [0.3, 0.4) is 0 Å². The van der Waals surface area contributed by atoms with Crippen molar-refractivity contribution in [3.63, 3.8) is 0 Å². The highest BCUT2D eigenvalue weighted by Gasteiger charge is 2.36. The molecule has 0 aliphatic carbocycles. The number of benzene rings is 1. The number of amides is 5. The monoisotopic (exact) mass is 579 g/mol. The molecule has 1 heterocycles. The lowest BCUT2D eigenvalue weighted by atomic mass is 9.96. The van der Waals surface area contributed by atoms with Crippen LogP contribution >= 0.6 is 11.6 Å². The van der Waals surface area contributed by atoms with Gasteiger partial charge in [-0.05, 0) is 65.0 Å². The lowest BCUT2D eigenvalue weighted by Gasteiger charge is -2.31. The second-order valence-corrected chi connectivity index (χ2v) is 12.2. The molecule has 12 heteroatoms. The third-order valence-electron chi connectivity index (χ3n) is 5.98. The second-order valence-electron chi connectivity index (χ2n) is 11.8. The number of ether oxygens (including phenoxy) is 1. The van der Waals surface area contributed by atoms with Gasteiger partial charge in [-0.25, -0.2) is 4.79 Å². The van der Waals surface area contributed by atoms with E-state index in [1.54, 1.807) is 39.0 Å². The van der Waals surface area contributed by atoms with E-state index in [4.69, 9.17) is 16.3 Å². The minimum Gasteiger partial charge on any atom is -0.444 e. The molecule has 0 fully saturated rings. The van der Waals surface area contributed by atoms with Gasteiger partial charge in [-0.1, -0.05) is 26.0 Å². The zero-order valence-electron chi connectivity index (χ0n) is 24.3. The molecule has 5 amide bonds. The Morgan fingerprint density at radius 1 is 1.12 bits per heavy atom. The van der Waals surface area contributed by atoms with Gasteiger partial charge in [0, 0.05) is 18.7 Å². The van der Waals surface area contributed by atoms with E-state index in [0.717, 1.165) is 5.56 Å². The van der Waals surface area contributed by atoms with Gasteiger partial charge in [0.15, 0.2) is 0 Å². The number of nitrogens with one attached hydrogen (secondary N) is 5. The number of hydrogen-bond acceptors (Lipinski definition) is 6. The predicted molar refractivity (Wildman–Crippen MR) is 154 cm³/mol. The molecule has 5 N–H and O–H groups in total. The van der Waals surface area contributed by atoms with Gasteiger partial charge in [0.1, 0.15) is 23.2 Å². The third kappa shape index (κ3) is 10.0. The van der Waals surface area contributed by atoms with Crippen LogP contribution in [0.15, 0.2) is 18.2 Å². The molecule has 1 aromatic rings. The normalized spacial score (nSPS) is 15.8. The van der Waals surface area contributed by atoms with Crippen LogP contribution in [0, 0.1) is 5.92 Å². The second kappa shape index (κ2) is 13.8. The number of alkyl carbamates (subject to hydrolysis) is 1. The Hall–Kier alpha value is -3.34. The van der Waals surface area contributed by atoms with E-state index in [9.17, 15) is 24.0 Å². The van der Waals surface area contributed by atoms with Crippen LogP contribution < -0.4 is 26.6 Å². The van der Waals surface area contributed by atoms with Crippen LogP contribution in [0.25, 0.3) is 0 Å². The van der Waals surface area contributed by atoms with E-state index in [1.807, 2.05) is 13.8 Å². The maximum atomic E-state index is 13.3. The van der Waals surface area contributed by atoms with Crippen molar-refractivity contribution < 1.29 is 28.7 Å². The summed E-state index contributed by atoms with van der Waals surface area (Å²) in [6.07, 6.45) is 0.540. The van der Waals surface area contributed by atoms with Crippen LogP contribution in [-0.4, -0.2) is 58.8 Å². The van der Waals surface area contributed by atoms with Crippen molar-refractivity contribution in [2.24, 2.45) is 5.92 Å². The van der Waals surface area contributed by atoms with E-state index in [1.165, 1.54) is 13.8 Å². The smallest absolute Gasteiger partial charge is 0.408 e. The molecule has 1 aromatic carbocycles. The summed E-state index contributed by atoms with van der Waals surface area (Å²) in [4.78, 5) is 63.8. The number of rotatable bonds is 11. The minimum atomic E-state index is -1.37. The Morgan fingerprint density at radius 3 is 2.40 bits per heavy atom. The Morgan fingerprint density at radius 2 is 1.80 bits per heavy atom. The summed E-state index contributed by atoms with van der Waals surface area (Å²) in [6.45, 7) is 12.0. The van der Waals surface area contributed by atoms with Crippen LogP contribution in [0.2, 0.25) is 0 Å². The minimum absolute atomic E-state index is 0.0452. The highest BCUT2D eigenvalue weighted by Crippen LogP contribution is 2.31. The SMILES string of the molecule is CC(C)C[C@@H](NC(=O)C(C)(C)NC(=O)OC(C)(C)C)C(=O)NC1Cc2cccc(NC(=O)CCCCl)c2NC1=O. The first-order valence-corrected chi connectivity index (χ1v) is 14.0. The first kappa shape index (κ1) is 32.9. The molecular formula is C28H42ClN5O6. The molecular weight excluding hydrogens is 538 g/mol. The fourth-order valence-electron chi connectivity index (χ4n) is 4.03. The number of carbonyl (C=O) groups excluding carboxylic acids is 5. The number of halogens is 1. The lowest BCUT2D eigenvalue weighted by Crippen LogP contribution is -2.61. The van der Waals surface area contributed by atoms with Gasteiger partial charge in [-0.2, -0.15) is 0 Å². The fourth-order valence-corrected chi connectivity index (χ4v) is 4.16. The van der Waals surface area contributed by atoms with Crippen LogP contribution in [0.1, 0.15) is 73.3 Å². The lowest BCUT2D eigenvalue weighted by molar-refractivity contribution is -0.133. The van der Waals surface area contributed by atoms with Crippen molar-refractivity contribution >= 4 is 52.7 Å². The molecule has 0 saturated heterocycles. The number of alkyl halides is 1. The molecule has 0 saturated carbocycles. The summed E-state index contributed by atoms with van der Waals surface area (Å²) in [5.74, 6) is -1.34. The Kier molecular flexibility index (Phi) is 11.4. The highest BCUT2D eigenvalue weighted by molar-refractivity contribution is 6.18. The molecule has 0 radical (unpaired) electrons. The van der Waals surface area contributed by atoms with Gasteiger partial charge in [-0.15, -0.1) is 11.6 Å². The van der Waals surface area contributed by atoms with Gasteiger partial charge >= 0.3 is 6.09 Å². The van der Waals surface area contributed by atoms with Crippen LogP contribution in [0.4, 0.5) is 16.2 Å². The molecule has 222 valence electrons. The first-order valence-electron chi connectivity index (χ1n) is 13.4. The molecule has 0 spiro atoms.